The summed E-state index contributed by atoms with van der Waals surface area (Å²) >= 11 is 3.54. The van der Waals surface area contributed by atoms with Crippen molar-refractivity contribution in [3.63, 3.8) is 0 Å². The Labute approximate surface area is 132 Å². The van der Waals surface area contributed by atoms with Crippen molar-refractivity contribution in [2.24, 2.45) is 0 Å². The summed E-state index contributed by atoms with van der Waals surface area (Å²) in [5.41, 5.74) is 2.08. The Morgan fingerprint density at radius 1 is 1.10 bits per heavy atom. The first-order valence-electron chi connectivity index (χ1n) is 6.68. The largest absolute Gasteiger partial charge is 0.447 e. The zero-order valence-corrected chi connectivity index (χ0v) is 12.9. The minimum atomic E-state index is -0.322. The van der Waals surface area contributed by atoms with E-state index < -0.39 is 0 Å². The number of amides is 1. The number of halogens is 1. The maximum atomic E-state index is 12.0. The van der Waals surface area contributed by atoms with Crippen molar-refractivity contribution in [2.75, 3.05) is 6.61 Å². The topological polar surface area (TPSA) is 29.5 Å². The van der Waals surface area contributed by atoms with Crippen molar-refractivity contribution in [1.29, 1.82) is 0 Å². The van der Waals surface area contributed by atoms with Gasteiger partial charge in [-0.15, -0.1) is 0 Å². The molecule has 1 aliphatic heterocycles. The molecule has 106 valence electrons. The van der Waals surface area contributed by atoms with Gasteiger partial charge in [-0.2, -0.15) is 0 Å². The number of ether oxygens (including phenoxy) is 1. The standard InChI is InChI=1S/C17H14BrNO2/c18-15(13-7-3-1-4-8-13)11-19-16(12-21-17(19)20)14-9-5-2-6-10-14/h1-11,16H,12H2/b15-11-/t16-/m0/s1. The molecule has 1 saturated heterocycles. The fourth-order valence-electron chi connectivity index (χ4n) is 2.30. The molecule has 0 unspecified atom stereocenters. The summed E-state index contributed by atoms with van der Waals surface area (Å²) < 4.78 is 6.04. The molecule has 1 aliphatic rings. The van der Waals surface area contributed by atoms with Crippen molar-refractivity contribution >= 4 is 26.5 Å². The van der Waals surface area contributed by atoms with E-state index >= 15 is 0 Å². The zero-order chi connectivity index (χ0) is 14.7. The molecule has 0 radical (unpaired) electrons. The lowest BCUT2D eigenvalue weighted by Crippen LogP contribution is -2.21. The summed E-state index contributed by atoms with van der Waals surface area (Å²) in [5, 5.41) is 0. The van der Waals surface area contributed by atoms with Crippen LogP contribution in [0.15, 0.2) is 66.9 Å². The lowest BCUT2D eigenvalue weighted by molar-refractivity contribution is 0.166. The Balaban J connectivity index is 1.90. The monoisotopic (exact) mass is 343 g/mol. The van der Waals surface area contributed by atoms with Gasteiger partial charge >= 0.3 is 6.09 Å². The van der Waals surface area contributed by atoms with Crippen LogP contribution in [-0.2, 0) is 4.74 Å². The van der Waals surface area contributed by atoms with Gasteiger partial charge in [0.05, 0.1) is 6.04 Å². The second-order valence-electron chi connectivity index (χ2n) is 4.75. The summed E-state index contributed by atoms with van der Waals surface area (Å²) in [4.78, 5) is 13.6. The highest BCUT2D eigenvalue weighted by molar-refractivity contribution is 9.15. The van der Waals surface area contributed by atoms with Crippen molar-refractivity contribution in [2.45, 2.75) is 6.04 Å². The van der Waals surface area contributed by atoms with Crippen molar-refractivity contribution in [1.82, 2.24) is 4.90 Å². The molecule has 3 rings (SSSR count). The van der Waals surface area contributed by atoms with Gasteiger partial charge in [-0.05, 0) is 27.1 Å². The van der Waals surface area contributed by atoms with Gasteiger partial charge in [-0.25, -0.2) is 4.79 Å². The second kappa shape index (κ2) is 6.14. The average molecular weight is 344 g/mol. The highest BCUT2D eigenvalue weighted by Crippen LogP contribution is 2.31. The van der Waals surface area contributed by atoms with Gasteiger partial charge in [0, 0.05) is 10.7 Å². The van der Waals surface area contributed by atoms with Gasteiger partial charge in [0.15, 0.2) is 0 Å². The third kappa shape index (κ3) is 3.00. The van der Waals surface area contributed by atoms with E-state index in [0.29, 0.717) is 6.61 Å². The van der Waals surface area contributed by atoms with Crippen LogP contribution < -0.4 is 0 Å². The van der Waals surface area contributed by atoms with E-state index in [9.17, 15) is 4.79 Å². The number of hydrogen-bond acceptors (Lipinski definition) is 2. The molecular formula is C17H14BrNO2. The molecule has 2 aromatic rings. The van der Waals surface area contributed by atoms with Crippen LogP contribution in [0.25, 0.3) is 4.48 Å². The number of carbonyl (C=O) groups excluding carboxylic acids is 1. The van der Waals surface area contributed by atoms with Gasteiger partial charge < -0.3 is 4.74 Å². The molecule has 2 aromatic carbocycles. The molecule has 1 fully saturated rings. The van der Waals surface area contributed by atoms with E-state index in [4.69, 9.17) is 4.74 Å². The number of carbonyl (C=O) groups is 1. The Morgan fingerprint density at radius 3 is 2.38 bits per heavy atom. The van der Waals surface area contributed by atoms with Gasteiger partial charge in [-0.1, -0.05) is 60.7 Å². The highest BCUT2D eigenvalue weighted by Gasteiger charge is 2.32. The molecule has 0 bridgehead atoms. The normalized spacial score (nSPS) is 18.7. The van der Waals surface area contributed by atoms with Crippen LogP contribution in [0.2, 0.25) is 0 Å². The quantitative estimate of drug-likeness (QED) is 0.816. The van der Waals surface area contributed by atoms with Gasteiger partial charge in [-0.3, -0.25) is 4.90 Å². The molecule has 0 spiro atoms. The minimum Gasteiger partial charge on any atom is -0.447 e. The van der Waals surface area contributed by atoms with E-state index in [0.717, 1.165) is 15.6 Å². The molecule has 1 heterocycles. The first-order valence-corrected chi connectivity index (χ1v) is 7.48. The Hall–Kier alpha value is -2.07. The van der Waals surface area contributed by atoms with Crippen LogP contribution >= 0.6 is 15.9 Å². The van der Waals surface area contributed by atoms with Crippen LogP contribution in [0.4, 0.5) is 4.79 Å². The van der Waals surface area contributed by atoms with Gasteiger partial charge in [0.25, 0.3) is 0 Å². The maximum Gasteiger partial charge on any atom is 0.414 e. The molecule has 3 nitrogen and oxygen atoms in total. The summed E-state index contributed by atoms with van der Waals surface area (Å²) in [6.07, 6.45) is 1.47. The number of nitrogens with zero attached hydrogens (tertiary/aromatic N) is 1. The minimum absolute atomic E-state index is 0.0880. The van der Waals surface area contributed by atoms with Crippen LogP contribution in [0, 0.1) is 0 Å². The van der Waals surface area contributed by atoms with E-state index in [2.05, 4.69) is 15.9 Å². The number of hydrogen-bond donors (Lipinski definition) is 0. The predicted molar refractivity (Wildman–Crippen MR) is 85.7 cm³/mol. The summed E-state index contributed by atoms with van der Waals surface area (Å²) in [6.45, 7) is 0.369. The van der Waals surface area contributed by atoms with E-state index in [1.165, 1.54) is 0 Å². The fraction of sp³-hybridized carbons (Fsp3) is 0.118. The van der Waals surface area contributed by atoms with Gasteiger partial charge in [0.1, 0.15) is 6.61 Å². The van der Waals surface area contributed by atoms with Crippen LogP contribution in [-0.4, -0.2) is 17.6 Å². The molecule has 1 amide bonds. The maximum absolute atomic E-state index is 12.0. The van der Waals surface area contributed by atoms with Crippen LogP contribution in [0.1, 0.15) is 17.2 Å². The highest BCUT2D eigenvalue weighted by atomic mass is 79.9. The third-order valence-corrected chi connectivity index (χ3v) is 4.06. The number of rotatable bonds is 3. The van der Waals surface area contributed by atoms with E-state index in [1.54, 1.807) is 11.1 Å². The van der Waals surface area contributed by atoms with Gasteiger partial charge in [0.2, 0.25) is 0 Å². The Bertz CT molecular complexity index is 655. The number of cyclic esters (lactones) is 1. The molecule has 1 atom stereocenters. The second-order valence-corrected chi connectivity index (χ2v) is 5.61. The van der Waals surface area contributed by atoms with Crippen molar-refractivity contribution < 1.29 is 9.53 Å². The Kier molecular flexibility index (Phi) is 4.06. The average Bonchev–Trinajstić information content (AvgIpc) is 2.90. The Morgan fingerprint density at radius 2 is 1.71 bits per heavy atom. The first kappa shape index (κ1) is 13.9. The summed E-state index contributed by atoms with van der Waals surface area (Å²) in [7, 11) is 0. The van der Waals surface area contributed by atoms with E-state index in [1.807, 2.05) is 60.7 Å². The smallest absolute Gasteiger partial charge is 0.414 e. The molecule has 0 aromatic heterocycles. The van der Waals surface area contributed by atoms with Crippen LogP contribution in [0.3, 0.4) is 0 Å². The van der Waals surface area contributed by atoms with E-state index in [-0.39, 0.29) is 12.1 Å². The summed E-state index contributed by atoms with van der Waals surface area (Å²) in [6, 6.07) is 19.7. The van der Waals surface area contributed by atoms with Crippen LogP contribution in [0.5, 0.6) is 0 Å². The molecule has 21 heavy (non-hydrogen) atoms. The number of benzene rings is 2. The van der Waals surface area contributed by atoms with Crippen molar-refractivity contribution in [3.05, 3.63) is 78.0 Å². The fourth-order valence-corrected chi connectivity index (χ4v) is 2.79. The molecule has 0 saturated carbocycles. The molecular weight excluding hydrogens is 330 g/mol. The molecule has 0 N–H and O–H groups in total. The SMILES string of the molecule is O=C1OC[C@@H](c2ccccc2)N1/C=C(\Br)c1ccccc1. The van der Waals surface area contributed by atoms with Crippen molar-refractivity contribution in [3.8, 4) is 0 Å². The first-order chi connectivity index (χ1) is 10.3. The zero-order valence-electron chi connectivity index (χ0n) is 11.3. The molecule has 4 heteroatoms. The lowest BCUT2D eigenvalue weighted by Gasteiger charge is -2.18. The lowest BCUT2D eigenvalue weighted by atomic mass is 10.1. The predicted octanol–water partition coefficient (Wildman–Crippen LogP) is 4.57. The summed E-state index contributed by atoms with van der Waals surface area (Å²) in [5.74, 6) is 0. The molecule has 0 aliphatic carbocycles. The third-order valence-electron chi connectivity index (χ3n) is 3.40.